The zero-order valence-electron chi connectivity index (χ0n) is 14.0. The molecule has 2 rings (SSSR count). The number of hydrogen-bond acceptors (Lipinski definition) is 6. The van der Waals surface area contributed by atoms with E-state index in [2.05, 4.69) is 10.6 Å². The fourth-order valence-electron chi connectivity index (χ4n) is 2.21. The topological polar surface area (TPSA) is 97.6 Å². The van der Waals surface area contributed by atoms with Gasteiger partial charge in [0.1, 0.15) is 0 Å². The molecule has 1 heterocycles. The van der Waals surface area contributed by atoms with Crippen molar-refractivity contribution in [3.05, 3.63) is 54.0 Å². The van der Waals surface area contributed by atoms with Crippen molar-refractivity contribution in [2.75, 3.05) is 33.4 Å². The molecule has 0 bridgehead atoms. The predicted molar refractivity (Wildman–Crippen MR) is 93.1 cm³/mol. The average Bonchev–Trinajstić information content (AvgIpc) is 3.06. The third kappa shape index (κ3) is 5.70. The lowest BCUT2D eigenvalue weighted by molar-refractivity contribution is 0.0925. The van der Waals surface area contributed by atoms with Crippen molar-refractivity contribution in [2.24, 2.45) is 0 Å². The van der Waals surface area contributed by atoms with Crippen molar-refractivity contribution in [3.63, 3.8) is 0 Å². The highest BCUT2D eigenvalue weighted by molar-refractivity contribution is 7.90. The van der Waals surface area contributed by atoms with Crippen LogP contribution in [0, 0.1) is 0 Å². The van der Waals surface area contributed by atoms with Crippen LogP contribution in [0.15, 0.2) is 52.0 Å². The number of sulfone groups is 1. The molecule has 0 spiro atoms. The number of methoxy groups -OCH3 is 1. The summed E-state index contributed by atoms with van der Waals surface area (Å²) in [5, 5.41) is 5.79. The van der Waals surface area contributed by atoms with Crippen molar-refractivity contribution in [1.29, 1.82) is 0 Å². The summed E-state index contributed by atoms with van der Waals surface area (Å²) in [5.41, 5.74) is 0.341. The fraction of sp³-hybridized carbons (Fsp3) is 0.353. The Morgan fingerprint density at radius 1 is 1.12 bits per heavy atom. The molecule has 2 N–H and O–H groups in total. The smallest absolute Gasteiger partial charge is 0.287 e. The van der Waals surface area contributed by atoms with Gasteiger partial charge in [0.15, 0.2) is 15.6 Å². The molecular formula is C17H22N2O5S. The molecule has 1 aromatic carbocycles. The summed E-state index contributed by atoms with van der Waals surface area (Å²) in [6.07, 6.45) is 1.32. The molecule has 0 fully saturated rings. The predicted octanol–water partition coefficient (Wildman–Crippen LogP) is 1.22. The van der Waals surface area contributed by atoms with E-state index in [0.717, 1.165) is 0 Å². The van der Waals surface area contributed by atoms with Gasteiger partial charge in [0.25, 0.3) is 5.91 Å². The Morgan fingerprint density at radius 3 is 2.60 bits per heavy atom. The summed E-state index contributed by atoms with van der Waals surface area (Å²) < 4.78 is 35.0. The van der Waals surface area contributed by atoms with Crippen LogP contribution in [0.4, 0.5) is 0 Å². The Hall–Kier alpha value is -2.16. The van der Waals surface area contributed by atoms with Gasteiger partial charge in [-0.25, -0.2) is 8.42 Å². The highest BCUT2D eigenvalue weighted by Crippen LogP contribution is 2.19. The van der Waals surface area contributed by atoms with Gasteiger partial charge < -0.3 is 19.8 Å². The van der Waals surface area contributed by atoms with E-state index in [1.54, 1.807) is 25.3 Å². The van der Waals surface area contributed by atoms with E-state index in [1.807, 2.05) is 0 Å². The Balaban J connectivity index is 1.94. The number of rotatable bonds is 10. The minimum Gasteiger partial charge on any atom is -0.459 e. The van der Waals surface area contributed by atoms with Crippen LogP contribution in [-0.4, -0.2) is 47.7 Å². The van der Waals surface area contributed by atoms with Crippen LogP contribution in [0.2, 0.25) is 0 Å². The molecule has 7 nitrogen and oxygen atoms in total. The van der Waals surface area contributed by atoms with Crippen LogP contribution >= 0.6 is 0 Å². The maximum Gasteiger partial charge on any atom is 0.287 e. The van der Waals surface area contributed by atoms with Gasteiger partial charge >= 0.3 is 0 Å². The number of carbonyl (C=O) groups excluding carboxylic acids is 1. The SMILES string of the molecule is COCCNCCNC(=O)c1occc1CS(=O)(=O)c1ccccc1. The Morgan fingerprint density at radius 2 is 1.88 bits per heavy atom. The molecule has 136 valence electrons. The van der Waals surface area contributed by atoms with E-state index in [9.17, 15) is 13.2 Å². The monoisotopic (exact) mass is 366 g/mol. The van der Waals surface area contributed by atoms with Gasteiger partial charge in [-0.05, 0) is 18.2 Å². The third-order valence-electron chi connectivity index (χ3n) is 3.47. The van der Waals surface area contributed by atoms with Crippen LogP contribution in [0.5, 0.6) is 0 Å². The number of benzene rings is 1. The van der Waals surface area contributed by atoms with E-state index >= 15 is 0 Å². The maximum absolute atomic E-state index is 12.4. The molecule has 0 radical (unpaired) electrons. The highest BCUT2D eigenvalue weighted by atomic mass is 32.2. The first-order valence-electron chi connectivity index (χ1n) is 7.86. The molecule has 2 aromatic rings. The number of amides is 1. The van der Waals surface area contributed by atoms with Crippen molar-refractivity contribution in [1.82, 2.24) is 10.6 Å². The van der Waals surface area contributed by atoms with E-state index in [0.29, 0.717) is 31.8 Å². The molecule has 1 amide bonds. The Bertz CT molecular complexity index is 771. The van der Waals surface area contributed by atoms with Gasteiger partial charge in [-0.2, -0.15) is 0 Å². The maximum atomic E-state index is 12.4. The van der Waals surface area contributed by atoms with Crippen molar-refractivity contribution < 1.29 is 22.4 Å². The van der Waals surface area contributed by atoms with Crippen molar-refractivity contribution in [2.45, 2.75) is 10.6 Å². The molecule has 0 aliphatic heterocycles. The lowest BCUT2D eigenvalue weighted by Gasteiger charge is -2.07. The lowest BCUT2D eigenvalue weighted by Crippen LogP contribution is -2.33. The summed E-state index contributed by atoms with van der Waals surface area (Å²) in [6.45, 7) is 2.25. The lowest BCUT2D eigenvalue weighted by atomic mass is 10.2. The summed E-state index contributed by atoms with van der Waals surface area (Å²) in [7, 11) is -1.92. The highest BCUT2D eigenvalue weighted by Gasteiger charge is 2.22. The van der Waals surface area contributed by atoms with E-state index in [-0.39, 0.29) is 16.4 Å². The number of hydrogen-bond donors (Lipinski definition) is 2. The second-order valence-electron chi connectivity index (χ2n) is 5.35. The molecule has 0 saturated carbocycles. The molecule has 0 saturated heterocycles. The van der Waals surface area contributed by atoms with Crippen LogP contribution < -0.4 is 10.6 Å². The Labute approximate surface area is 147 Å². The second kappa shape index (κ2) is 9.36. The van der Waals surface area contributed by atoms with Gasteiger partial charge in [0.05, 0.1) is 23.5 Å². The van der Waals surface area contributed by atoms with E-state index < -0.39 is 15.7 Å². The fourth-order valence-corrected chi connectivity index (χ4v) is 3.58. The van der Waals surface area contributed by atoms with Crippen LogP contribution in [-0.2, 0) is 20.3 Å². The minimum atomic E-state index is -3.54. The van der Waals surface area contributed by atoms with Crippen LogP contribution in [0.25, 0.3) is 0 Å². The summed E-state index contributed by atoms with van der Waals surface area (Å²) >= 11 is 0. The first-order chi connectivity index (χ1) is 12.0. The van der Waals surface area contributed by atoms with Gasteiger partial charge in [0, 0.05) is 32.3 Å². The van der Waals surface area contributed by atoms with Gasteiger partial charge in [-0.15, -0.1) is 0 Å². The van der Waals surface area contributed by atoms with Crippen LogP contribution in [0.3, 0.4) is 0 Å². The Kier molecular flexibility index (Phi) is 7.17. The number of ether oxygens (including phenoxy) is 1. The van der Waals surface area contributed by atoms with E-state index in [4.69, 9.17) is 9.15 Å². The first kappa shape index (κ1) is 19.2. The largest absolute Gasteiger partial charge is 0.459 e. The van der Waals surface area contributed by atoms with Crippen LogP contribution in [0.1, 0.15) is 16.1 Å². The molecule has 1 aromatic heterocycles. The minimum absolute atomic E-state index is 0.0244. The van der Waals surface area contributed by atoms with Crippen molar-refractivity contribution in [3.8, 4) is 0 Å². The molecular weight excluding hydrogens is 344 g/mol. The summed E-state index contributed by atoms with van der Waals surface area (Å²) in [6, 6.07) is 9.63. The summed E-state index contributed by atoms with van der Waals surface area (Å²) in [4.78, 5) is 12.4. The van der Waals surface area contributed by atoms with Crippen molar-refractivity contribution >= 4 is 15.7 Å². The zero-order valence-corrected chi connectivity index (χ0v) is 14.8. The first-order valence-corrected chi connectivity index (χ1v) is 9.52. The number of carbonyl (C=O) groups is 1. The second-order valence-corrected chi connectivity index (χ2v) is 7.34. The standard InChI is InChI=1S/C17H22N2O5S/c1-23-12-10-18-8-9-19-17(20)16-14(7-11-24-16)13-25(21,22)15-5-3-2-4-6-15/h2-7,11,18H,8-10,12-13H2,1H3,(H,19,20). The average molecular weight is 366 g/mol. The molecule has 0 aliphatic rings. The molecule has 8 heteroatoms. The summed E-state index contributed by atoms with van der Waals surface area (Å²) in [5.74, 6) is -0.698. The molecule has 0 atom stereocenters. The van der Waals surface area contributed by atoms with Gasteiger partial charge in [0.2, 0.25) is 0 Å². The molecule has 0 unspecified atom stereocenters. The van der Waals surface area contributed by atoms with E-state index in [1.165, 1.54) is 24.5 Å². The number of furan rings is 1. The normalized spacial score (nSPS) is 11.4. The third-order valence-corrected chi connectivity index (χ3v) is 5.15. The quantitative estimate of drug-likeness (QED) is 0.614. The molecule has 0 aliphatic carbocycles. The number of nitrogens with one attached hydrogen (secondary N) is 2. The van der Waals surface area contributed by atoms with Gasteiger partial charge in [-0.1, -0.05) is 18.2 Å². The molecule has 25 heavy (non-hydrogen) atoms. The van der Waals surface area contributed by atoms with Gasteiger partial charge in [-0.3, -0.25) is 4.79 Å². The zero-order chi connectivity index (χ0) is 18.1.